The zero-order valence-corrected chi connectivity index (χ0v) is 13.4. The van der Waals surface area contributed by atoms with Gasteiger partial charge in [0.05, 0.1) is 6.26 Å². The smallest absolute Gasteiger partial charge is 0.265 e. The van der Waals surface area contributed by atoms with Crippen LogP contribution in [0.3, 0.4) is 0 Å². The first-order valence-corrected chi connectivity index (χ1v) is 9.00. The molecule has 1 amide bonds. The Morgan fingerprint density at radius 2 is 1.82 bits per heavy atom. The average molecular weight is 321 g/mol. The van der Waals surface area contributed by atoms with E-state index in [9.17, 15) is 13.2 Å². The molecule has 5 nitrogen and oxygen atoms in total. The number of likely N-dealkylation sites (tertiary alicyclic amines) is 1. The lowest BCUT2D eigenvalue weighted by molar-refractivity contribution is 0.0724. The Hall–Kier alpha value is -1.84. The summed E-state index contributed by atoms with van der Waals surface area (Å²) in [6.07, 6.45) is 4.30. The summed E-state index contributed by atoms with van der Waals surface area (Å²) >= 11 is 0. The Morgan fingerprint density at radius 3 is 2.41 bits per heavy atom. The zero-order chi connectivity index (χ0) is 16.0. The highest BCUT2D eigenvalue weighted by Gasteiger charge is 2.17. The molecule has 0 saturated carbocycles. The molecule has 0 spiro atoms. The molecular weight excluding hydrogens is 302 g/mol. The number of carbonyl (C=O) groups excluding carboxylic acids is 1. The Labute approximate surface area is 131 Å². The van der Waals surface area contributed by atoms with Gasteiger partial charge in [-0.2, -0.15) is 8.42 Å². The number of hydrogen-bond donors (Lipinski definition) is 0. The summed E-state index contributed by atoms with van der Waals surface area (Å²) < 4.78 is 26.1. The summed E-state index contributed by atoms with van der Waals surface area (Å²) in [6, 6.07) is 7.01. The lowest BCUT2D eigenvalue weighted by Crippen LogP contribution is -2.35. The van der Waals surface area contributed by atoms with Crippen LogP contribution in [0.2, 0.25) is 0 Å². The van der Waals surface area contributed by atoms with Crippen LogP contribution in [-0.2, 0) is 14.3 Å². The van der Waals surface area contributed by atoms with Gasteiger partial charge in [-0.25, -0.2) is 0 Å². The predicted molar refractivity (Wildman–Crippen MR) is 83.9 cm³/mol. The van der Waals surface area contributed by atoms with Crippen molar-refractivity contribution in [3.8, 4) is 11.8 Å². The first-order valence-electron chi connectivity index (χ1n) is 7.18. The Bertz CT molecular complexity index is 677. The minimum Gasteiger partial charge on any atom is -0.339 e. The van der Waals surface area contributed by atoms with Gasteiger partial charge < -0.3 is 4.90 Å². The third kappa shape index (κ3) is 5.17. The van der Waals surface area contributed by atoms with Gasteiger partial charge in [-0.1, -0.05) is 11.8 Å². The molecule has 0 bridgehead atoms. The minimum absolute atomic E-state index is 0.0552. The second-order valence-corrected chi connectivity index (χ2v) is 6.84. The molecule has 1 saturated heterocycles. The monoisotopic (exact) mass is 321 g/mol. The number of rotatable bonds is 3. The van der Waals surface area contributed by atoms with Crippen molar-refractivity contribution in [3.63, 3.8) is 0 Å². The number of amides is 1. The fourth-order valence-corrected chi connectivity index (χ4v) is 2.52. The lowest BCUT2D eigenvalue weighted by atomic mass is 10.1. The van der Waals surface area contributed by atoms with Crippen LogP contribution in [-0.4, -0.2) is 45.2 Å². The van der Waals surface area contributed by atoms with E-state index in [0.29, 0.717) is 11.1 Å². The standard InChI is InChI=1S/C16H19NO4S/c1-22(19,20)21-13-5-6-14-7-9-15(10-8-14)16(18)17-11-3-2-4-12-17/h7-10H,2-4,11-13H2,1H3. The molecule has 0 N–H and O–H groups in total. The molecule has 2 rings (SSSR count). The van der Waals surface area contributed by atoms with Crippen molar-refractivity contribution in [1.29, 1.82) is 0 Å². The Balaban J connectivity index is 1.95. The summed E-state index contributed by atoms with van der Waals surface area (Å²) in [5.74, 6) is 5.48. The second kappa shape index (κ2) is 7.43. The van der Waals surface area contributed by atoms with E-state index in [2.05, 4.69) is 16.0 Å². The normalized spacial score (nSPS) is 15.0. The molecule has 1 aliphatic rings. The molecule has 0 aliphatic carbocycles. The highest BCUT2D eigenvalue weighted by atomic mass is 32.2. The van der Waals surface area contributed by atoms with Gasteiger partial charge in [0.25, 0.3) is 16.0 Å². The van der Waals surface area contributed by atoms with Crippen molar-refractivity contribution in [1.82, 2.24) is 4.90 Å². The van der Waals surface area contributed by atoms with E-state index in [1.54, 1.807) is 24.3 Å². The van der Waals surface area contributed by atoms with Gasteiger partial charge in [-0.15, -0.1) is 0 Å². The van der Waals surface area contributed by atoms with Gasteiger partial charge in [0.15, 0.2) is 0 Å². The largest absolute Gasteiger partial charge is 0.339 e. The SMILES string of the molecule is CS(=O)(=O)OCC#Cc1ccc(C(=O)N2CCCCC2)cc1. The predicted octanol–water partition coefficient (Wildman–Crippen LogP) is 1.64. The second-order valence-electron chi connectivity index (χ2n) is 5.20. The van der Waals surface area contributed by atoms with E-state index in [-0.39, 0.29) is 12.5 Å². The van der Waals surface area contributed by atoms with E-state index in [1.165, 1.54) is 6.42 Å². The van der Waals surface area contributed by atoms with Gasteiger partial charge in [0, 0.05) is 24.2 Å². The van der Waals surface area contributed by atoms with Crippen molar-refractivity contribution in [2.45, 2.75) is 19.3 Å². The fraction of sp³-hybridized carbons (Fsp3) is 0.438. The van der Waals surface area contributed by atoms with Crippen LogP contribution in [0.25, 0.3) is 0 Å². The van der Waals surface area contributed by atoms with E-state index in [0.717, 1.165) is 32.2 Å². The molecule has 1 heterocycles. The Kier molecular flexibility index (Phi) is 5.58. The third-order valence-electron chi connectivity index (χ3n) is 3.35. The number of hydrogen-bond acceptors (Lipinski definition) is 4. The molecule has 1 aromatic carbocycles. The number of carbonyl (C=O) groups is 1. The first kappa shape index (κ1) is 16.5. The van der Waals surface area contributed by atoms with Crippen molar-refractivity contribution >= 4 is 16.0 Å². The first-order chi connectivity index (χ1) is 10.5. The molecule has 0 radical (unpaired) electrons. The summed E-state index contributed by atoms with van der Waals surface area (Å²) in [6.45, 7) is 1.47. The molecule has 22 heavy (non-hydrogen) atoms. The van der Waals surface area contributed by atoms with E-state index >= 15 is 0 Å². The summed E-state index contributed by atoms with van der Waals surface area (Å²) in [7, 11) is -3.46. The van der Waals surface area contributed by atoms with E-state index < -0.39 is 10.1 Å². The van der Waals surface area contributed by atoms with Crippen LogP contribution in [0.5, 0.6) is 0 Å². The van der Waals surface area contributed by atoms with Crippen molar-refractivity contribution in [2.75, 3.05) is 26.0 Å². The maximum absolute atomic E-state index is 12.3. The van der Waals surface area contributed by atoms with Crippen LogP contribution in [0.1, 0.15) is 35.2 Å². The van der Waals surface area contributed by atoms with Gasteiger partial charge in [0.2, 0.25) is 0 Å². The van der Waals surface area contributed by atoms with Crippen LogP contribution in [0.15, 0.2) is 24.3 Å². The van der Waals surface area contributed by atoms with Crippen LogP contribution in [0, 0.1) is 11.8 Å². The zero-order valence-electron chi connectivity index (χ0n) is 12.5. The number of piperidine rings is 1. The Morgan fingerprint density at radius 1 is 1.18 bits per heavy atom. The molecule has 6 heteroatoms. The molecule has 0 unspecified atom stereocenters. The fourth-order valence-electron chi connectivity index (χ4n) is 2.25. The van der Waals surface area contributed by atoms with Crippen LogP contribution >= 0.6 is 0 Å². The molecule has 0 aromatic heterocycles. The van der Waals surface area contributed by atoms with Gasteiger partial charge in [-0.3, -0.25) is 8.98 Å². The van der Waals surface area contributed by atoms with Gasteiger partial charge in [-0.05, 0) is 43.5 Å². The molecule has 1 fully saturated rings. The van der Waals surface area contributed by atoms with Crippen LogP contribution in [0.4, 0.5) is 0 Å². The summed E-state index contributed by atoms with van der Waals surface area (Å²) in [4.78, 5) is 14.2. The van der Waals surface area contributed by atoms with Gasteiger partial charge >= 0.3 is 0 Å². The highest BCUT2D eigenvalue weighted by molar-refractivity contribution is 7.86. The van der Waals surface area contributed by atoms with Gasteiger partial charge in [0.1, 0.15) is 6.61 Å². The van der Waals surface area contributed by atoms with Crippen molar-refractivity contribution in [2.24, 2.45) is 0 Å². The molecule has 118 valence electrons. The lowest BCUT2D eigenvalue weighted by Gasteiger charge is -2.26. The minimum atomic E-state index is -3.46. The maximum Gasteiger partial charge on any atom is 0.265 e. The number of benzene rings is 1. The van der Waals surface area contributed by atoms with Crippen molar-refractivity contribution < 1.29 is 17.4 Å². The van der Waals surface area contributed by atoms with Crippen LogP contribution < -0.4 is 0 Å². The third-order valence-corrected chi connectivity index (χ3v) is 3.90. The molecular formula is C16H19NO4S. The highest BCUT2D eigenvalue weighted by Crippen LogP contribution is 2.13. The topological polar surface area (TPSA) is 63.7 Å². The number of nitrogens with zero attached hydrogens (tertiary/aromatic N) is 1. The molecule has 1 aromatic rings. The quantitative estimate of drug-likeness (QED) is 0.627. The average Bonchev–Trinajstić information content (AvgIpc) is 2.51. The maximum atomic E-state index is 12.3. The molecule has 0 atom stereocenters. The molecule has 1 aliphatic heterocycles. The summed E-state index contributed by atoms with van der Waals surface area (Å²) in [5, 5.41) is 0. The van der Waals surface area contributed by atoms with E-state index in [1.807, 2.05) is 4.90 Å². The summed E-state index contributed by atoms with van der Waals surface area (Å²) in [5.41, 5.74) is 1.37. The van der Waals surface area contributed by atoms with E-state index in [4.69, 9.17) is 0 Å². The van der Waals surface area contributed by atoms with Crippen molar-refractivity contribution in [3.05, 3.63) is 35.4 Å².